The van der Waals surface area contributed by atoms with Crippen molar-refractivity contribution < 1.29 is 13.2 Å². The monoisotopic (exact) mass is 559 g/mol. The van der Waals surface area contributed by atoms with Crippen molar-refractivity contribution in [2.75, 3.05) is 10.6 Å². The number of nitrogens with zero attached hydrogens (tertiary/aromatic N) is 6. The molecule has 9 nitrogen and oxygen atoms in total. The van der Waals surface area contributed by atoms with Gasteiger partial charge in [0.25, 0.3) is 0 Å². The minimum atomic E-state index is -4.40. The lowest BCUT2D eigenvalue weighted by atomic mass is 10.0. The second kappa shape index (κ2) is 9.95. The van der Waals surface area contributed by atoms with E-state index in [-0.39, 0.29) is 25.4 Å². The zero-order valence-corrected chi connectivity index (χ0v) is 22.1. The second-order valence-corrected chi connectivity index (χ2v) is 10.8. The number of aliphatic imine (C=N–C) groups is 1. The number of rotatable bonds is 8. The SMILES string of the molecule is FC(F)(F)C1(N=C2CC(NCc3ccc(-n4cncn4)cc3)Nc3ccc(-c4ccc(NC5CC5)nc4)nc32)CC1. The van der Waals surface area contributed by atoms with Gasteiger partial charge in [-0.3, -0.25) is 10.3 Å². The van der Waals surface area contributed by atoms with Crippen molar-refractivity contribution in [1.29, 1.82) is 0 Å². The van der Waals surface area contributed by atoms with Gasteiger partial charge in [0.2, 0.25) is 0 Å². The Balaban J connectivity index is 1.13. The highest BCUT2D eigenvalue weighted by atomic mass is 19.4. The van der Waals surface area contributed by atoms with Crippen molar-refractivity contribution in [1.82, 2.24) is 30.0 Å². The minimum Gasteiger partial charge on any atom is -0.368 e. The Morgan fingerprint density at radius 3 is 2.54 bits per heavy atom. The molecule has 12 heteroatoms. The first-order chi connectivity index (χ1) is 19.9. The van der Waals surface area contributed by atoms with E-state index in [1.54, 1.807) is 17.2 Å². The van der Waals surface area contributed by atoms with Crippen LogP contribution in [-0.2, 0) is 6.54 Å². The summed E-state index contributed by atoms with van der Waals surface area (Å²) in [4.78, 5) is 17.6. The predicted molar refractivity (Wildman–Crippen MR) is 149 cm³/mol. The number of hydrogen-bond acceptors (Lipinski definition) is 8. The fourth-order valence-corrected chi connectivity index (χ4v) is 4.96. The van der Waals surface area contributed by atoms with Crippen LogP contribution in [0.3, 0.4) is 0 Å². The van der Waals surface area contributed by atoms with Crippen molar-refractivity contribution in [2.24, 2.45) is 4.99 Å². The first-order valence-electron chi connectivity index (χ1n) is 13.7. The zero-order chi connectivity index (χ0) is 28.0. The Morgan fingerprint density at radius 1 is 1.05 bits per heavy atom. The Bertz CT molecular complexity index is 1560. The quantitative estimate of drug-likeness (QED) is 0.275. The average molecular weight is 560 g/mol. The summed E-state index contributed by atoms with van der Waals surface area (Å²) in [6, 6.07) is 15.9. The summed E-state index contributed by atoms with van der Waals surface area (Å²) >= 11 is 0. The molecule has 2 aliphatic carbocycles. The molecule has 3 aliphatic rings. The summed E-state index contributed by atoms with van der Waals surface area (Å²) < 4.78 is 43.4. The molecular weight excluding hydrogens is 531 g/mol. The maximum absolute atomic E-state index is 13.9. The normalized spacial score (nSPS) is 20.4. The van der Waals surface area contributed by atoms with E-state index in [0.29, 0.717) is 35.4 Å². The van der Waals surface area contributed by atoms with Crippen LogP contribution < -0.4 is 16.0 Å². The van der Waals surface area contributed by atoms with Gasteiger partial charge in [-0.15, -0.1) is 0 Å². The third-order valence-corrected chi connectivity index (χ3v) is 7.66. The van der Waals surface area contributed by atoms with Gasteiger partial charge in [0, 0.05) is 30.8 Å². The van der Waals surface area contributed by atoms with Crippen LogP contribution in [0.1, 0.15) is 43.4 Å². The van der Waals surface area contributed by atoms with Gasteiger partial charge in [-0.05, 0) is 67.6 Å². The third-order valence-electron chi connectivity index (χ3n) is 7.66. The molecule has 3 aromatic heterocycles. The van der Waals surface area contributed by atoms with Gasteiger partial charge in [-0.2, -0.15) is 18.3 Å². The Labute approximate surface area is 234 Å². The van der Waals surface area contributed by atoms with Gasteiger partial charge in [-0.25, -0.2) is 19.6 Å². The fourth-order valence-electron chi connectivity index (χ4n) is 4.96. The first-order valence-corrected chi connectivity index (χ1v) is 13.7. The number of anilines is 2. The number of nitrogens with one attached hydrogen (secondary N) is 3. The van der Waals surface area contributed by atoms with E-state index in [0.717, 1.165) is 35.5 Å². The van der Waals surface area contributed by atoms with Crippen LogP contribution >= 0.6 is 0 Å². The molecule has 1 aliphatic heterocycles. The van der Waals surface area contributed by atoms with Gasteiger partial charge in [0.1, 0.15) is 24.2 Å². The molecule has 210 valence electrons. The van der Waals surface area contributed by atoms with Crippen LogP contribution in [0.5, 0.6) is 0 Å². The van der Waals surface area contributed by atoms with E-state index in [1.165, 1.54) is 6.33 Å². The first kappa shape index (κ1) is 25.6. The maximum Gasteiger partial charge on any atom is 0.413 e. The van der Waals surface area contributed by atoms with Crippen molar-refractivity contribution >= 4 is 17.2 Å². The average Bonchev–Trinajstić information content (AvgIpc) is 3.90. The molecule has 1 unspecified atom stereocenters. The van der Waals surface area contributed by atoms with Crippen LogP contribution in [0.4, 0.5) is 24.7 Å². The minimum absolute atomic E-state index is 0.00194. The zero-order valence-electron chi connectivity index (χ0n) is 22.1. The molecule has 3 N–H and O–H groups in total. The molecule has 0 spiro atoms. The number of hydrogen-bond donors (Lipinski definition) is 3. The Morgan fingerprint density at radius 2 is 1.88 bits per heavy atom. The van der Waals surface area contributed by atoms with Crippen LogP contribution in [0.25, 0.3) is 16.9 Å². The molecular formula is C29H28F3N9. The largest absolute Gasteiger partial charge is 0.413 e. The lowest BCUT2D eigenvalue weighted by molar-refractivity contribution is -0.155. The summed E-state index contributed by atoms with van der Waals surface area (Å²) in [6.07, 6.45) is 2.69. The van der Waals surface area contributed by atoms with Crippen LogP contribution in [0.15, 0.2) is 72.4 Å². The standard InChI is InChI=1S/C29H28F3N9/c30-29(31,32)28(11-12-28)40-24-13-26(34-14-18-1-6-21(7-2-18)41-17-33-16-36-41)38-23-9-8-22(39-27(23)24)19-3-10-25(35-15-19)37-20-4-5-20/h1-3,6-10,15-17,20,26,34,38H,4-5,11-14H2,(H,35,37). The highest BCUT2D eigenvalue weighted by Gasteiger charge is 2.64. The van der Waals surface area contributed by atoms with Crippen molar-refractivity contribution in [2.45, 2.75) is 62.6 Å². The Kier molecular flexibility index (Phi) is 6.22. The topological polar surface area (TPSA) is 105 Å². The molecule has 0 saturated heterocycles. The maximum atomic E-state index is 13.9. The lowest BCUT2D eigenvalue weighted by Gasteiger charge is -2.30. The number of alkyl halides is 3. The summed E-state index contributed by atoms with van der Waals surface area (Å²) in [6.45, 7) is 0.515. The molecule has 2 fully saturated rings. The second-order valence-electron chi connectivity index (χ2n) is 10.8. The number of halogens is 3. The van der Waals surface area contributed by atoms with Gasteiger partial charge in [0.15, 0.2) is 5.54 Å². The van der Waals surface area contributed by atoms with Crippen LogP contribution in [0.2, 0.25) is 0 Å². The molecule has 2 saturated carbocycles. The molecule has 0 bridgehead atoms. The highest BCUT2D eigenvalue weighted by molar-refractivity contribution is 6.06. The molecule has 0 amide bonds. The van der Waals surface area contributed by atoms with E-state index in [1.807, 2.05) is 48.5 Å². The molecule has 0 radical (unpaired) electrons. The predicted octanol–water partition coefficient (Wildman–Crippen LogP) is 5.11. The molecule has 4 heterocycles. The smallest absolute Gasteiger partial charge is 0.368 e. The molecule has 41 heavy (non-hydrogen) atoms. The highest BCUT2D eigenvalue weighted by Crippen LogP contribution is 2.53. The van der Waals surface area contributed by atoms with Crippen LogP contribution in [0, 0.1) is 0 Å². The van der Waals surface area contributed by atoms with Gasteiger partial charge >= 0.3 is 6.18 Å². The lowest BCUT2D eigenvalue weighted by Crippen LogP contribution is -2.42. The molecule has 1 aromatic carbocycles. The summed E-state index contributed by atoms with van der Waals surface area (Å²) in [5.74, 6) is 0.806. The number of pyridine rings is 2. The van der Waals surface area contributed by atoms with E-state index < -0.39 is 11.7 Å². The van der Waals surface area contributed by atoms with Crippen molar-refractivity contribution in [3.63, 3.8) is 0 Å². The van der Waals surface area contributed by atoms with Gasteiger partial charge in [-0.1, -0.05) is 12.1 Å². The molecule has 4 aromatic rings. The number of benzene rings is 1. The molecule has 1 atom stereocenters. The Hall–Kier alpha value is -4.32. The van der Waals surface area contributed by atoms with E-state index in [2.05, 4.69) is 36.0 Å². The summed E-state index contributed by atoms with van der Waals surface area (Å²) in [7, 11) is 0. The number of fused-ring (bicyclic) bond motifs is 1. The third kappa shape index (κ3) is 5.39. The fraction of sp³-hybridized carbons (Fsp3) is 0.345. The van der Waals surface area contributed by atoms with Crippen molar-refractivity contribution in [3.05, 3.63) is 78.6 Å². The van der Waals surface area contributed by atoms with Gasteiger partial charge < -0.3 is 10.6 Å². The molecule has 7 rings (SSSR count). The van der Waals surface area contributed by atoms with Crippen LogP contribution in [-0.4, -0.2) is 54.4 Å². The van der Waals surface area contributed by atoms with E-state index in [9.17, 15) is 13.2 Å². The summed E-state index contributed by atoms with van der Waals surface area (Å²) in [5.41, 5.74) is 2.78. The van der Waals surface area contributed by atoms with E-state index in [4.69, 9.17) is 4.98 Å². The number of aromatic nitrogens is 5. The summed E-state index contributed by atoms with van der Waals surface area (Å²) in [5, 5.41) is 14.3. The van der Waals surface area contributed by atoms with E-state index >= 15 is 0 Å². The van der Waals surface area contributed by atoms with Crippen molar-refractivity contribution in [3.8, 4) is 16.9 Å². The van der Waals surface area contributed by atoms with Gasteiger partial charge in [0.05, 0.1) is 28.9 Å².